The Kier molecular flexibility index (Phi) is 3.77. The van der Waals surface area contributed by atoms with E-state index in [9.17, 15) is 8.42 Å². The fourth-order valence-electron chi connectivity index (χ4n) is 1.53. The molecule has 94 valence electrons. The van der Waals surface area contributed by atoms with Crippen molar-refractivity contribution in [3.05, 3.63) is 23.8 Å². The molecule has 1 aromatic rings. The van der Waals surface area contributed by atoms with Crippen molar-refractivity contribution < 1.29 is 8.42 Å². The van der Waals surface area contributed by atoms with Gasteiger partial charge >= 0.3 is 0 Å². The quantitative estimate of drug-likeness (QED) is 0.622. The maximum atomic E-state index is 11.4. The lowest BCUT2D eigenvalue weighted by Crippen LogP contribution is -2.33. The Labute approximate surface area is 102 Å². The Bertz CT molecular complexity index is 538. The Hall–Kier alpha value is -1.56. The van der Waals surface area contributed by atoms with Crippen LogP contribution in [0.4, 0.5) is 5.69 Å². The minimum atomic E-state index is -3.20. The maximum Gasteiger partial charge on any atom is 0.192 e. The third kappa shape index (κ3) is 2.97. The molecule has 0 aromatic heterocycles. The van der Waals surface area contributed by atoms with E-state index in [1.54, 1.807) is 19.2 Å². The number of nitrogens with one attached hydrogen (secondary N) is 1. The van der Waals surface area contributed by atoms with E-state index in [4.69, 9.17) is 11.1 Å². The zero-order chi connectivity index (χ0) is 13.2. The monoisotopic (exact) mass is 255 g/mol. The van der Waals surface area contributed by atoms with Gasteiger partial charge in [-0.15, -0.1) is 0 Å². The topological polar surface area (TPSA) is 87.2 Å². The minimum Gasteiger partial charge on any atom is -0.370 e. The molecule has 0 saturated carbocycles. The second kappa shape index (κ2) is 4.75. The standard InChI is InChI=1S/C11H17N3O2S/c1-4-8-7-9(17(3,15)16)5-6-10(8)14(2)11(12)13/h5-7H,4H2,1-3H3,(H3,12,13). The van der Waals surface area contributed by atoms with Crippen molar-refractivity contribution in [1.82, 2.24) is 0 Å². The highest BCUT2D eigenvalue weighted by Gasteiger charge is 2.13. The summed E-state index contributed by atoms with van der Waals surface area (Å²) in [5.74, 6) is -0.0770. The molecular formula is C11H17N3O2S. The molecule has 0 fully saturated rings. The van der Waals surface area contributed by atoms with Crippen LogP contribution in [0.5, 0.6) is 0 Å². The molecule has 0 aliphatic rings. The number of hydrogen-bond acceptors (Lipinski definition) is 3. The van der Waals surface area contributed by atoms with Crippen LogP contribution in [-0.4, -0.2) is 27.7 Å². The molecule has 0 heterocycles. The lowest BCUT2D eigenvalue weighted by Gasteiger charge is -2.20. The second-order valence-corrected chi connectivity index (χ2v) is 5.88. The van der Waals surface area contributed by atoms with Crippen molar-refractivity contribution in [3.63, 3.8) is 0 Å². The first-order valence-electron chi connectivity index (χ1n) is 5.18. The fourth-order valence-corrected chi connectivity index (χ4v) is 2.20. The van der Waals surface area contributed by atoms with Crippen molar-refractivity contribution in [2.45, 2.75) is 18.2 Å². The molecular weight excluding hydrogens is 238 g/mol. The number of anilines is 1. The number of guanidine groups is 1. The van der Waals surface area contributed by atoms with E-state index in [2.05, 4.69) is 0 Å². The van der Waals surface area contributed by atoms with Crippen molar-refractivity contribution in [2.24, 2.45) is 5.73 Å². The zero-order valence-corrected chi connectivity index (χ0v) is 11.0. The first-order chi connectivity index (χ1) is 7.77. The molecule has 0 spiro atoms. The van der Waals surface area contributed by atoms with Crippen LogP contribution >= 0.6 is 0 Å². The summed E-state index contributed by atoms with van der Waals surface area (Å²) in [6.45, 7) is 1.93. The lowest BCUT2D eigenvalue weighted by molar-refractivity contribution is 0.602. The Balaban J connectivity index is 3.33. The average molecular weight is 255 g/mol. The minimum absolute atomic E-state index is 0.0770. The molecule has 0 radical (unpaired) electrons. The van der Waals surface area contributed by atoms with E-state index in [-0.39, 0.29) is 10.9 Å². The van der Waals surface area contributed by atoms with Gasteiger partial charge in [-0.2, -0.15) is 0 Å². The first-order valence-corrected chi connectivity index (χ1v) is 7.07. The number of sulfone groups is 1. The van der Waals surface area contributed by atoms with Gasteiger partial charge in [0, 0.05) is 19.0 Å². The Morgan fingerprint density at radius 1 is 1.47 bits per heavy atom. The van der Waals surface area contributed by atoms with Gasteiger partial charge in [-0.05, 0) is 30.2 Å². The highest BCUT2D eigenvalue weighted by atomic mass is 32.2. The van der Waals surface area contributed by atoms with E-state index >= 15 is 0 Å². The van der Waals surface area contributed by atoms with Crippen molar-refractivity contribution in [1.29, 1.82) is 5.41 Å². The molecule has 17 heavy (non-hydrogen) atoms. The molecule has 1 rings (SSSR count). The van der Waals surface area contributed by atoms with E-state index in [0.717, 1.165) is 11.3 Å². The molecule has 1 aromatic carbocycles. The van der Waals surface area contributed by atoms with Gasteiger partial charge in [-0.3, -0.25) is 5.41 Å². The highest BCUT2D eigenvalue weighted by Crippen LogP contribution is 2.23. The summed E-state index contributed by atoms with van der Waals surface area (Å²) in [6, 6.07) is 4.84. The summed E-state index contributed by atoms with van der Waals surface area (Å²) in [5.41, 5.74) is 7.02. The zero-order valence-electron chi connectivity index (χ0n) is 10.2. The predicted octanol–water partition coefficient (Wildman–Crippen LogP) is 0.982. The van der Waals surface area contributed by atoms with E-state index < -0.39 is 9.84 Å². The summed E-state index contributed by atoms with van der Waals surface area (Å²) in [4.78, 5) is 1.81. The van der Waals surface area contributed by atoms with Crippen LogP contribution in [0.25, 0.3) is 0 Å². The molecule has 0 aliphatic heterocycles. The summed E-state index contributed by atoms with van der Waals surface area (Å²) in [7, 11) is -1.52. The molecule has 6 heteroatoms. The highest BCUT2D eigenvalue weighted by molar-refractivity contribution is 7.90. The Morgan fingerprint density at radius 3 is 2.47 bits per heavy atom. The van der Waals surface area contributed by atoms with Gasteiger partial charge in [0.15, 0.2) is 15.8 Å². The molecule has 3 N–H and O–H groups in total. The predicted molar refractivity (Wildman–Crippen MR) is 69.2 cm³/mol. The lowest BCUT2D eigenvalue weighted by atomic mass is 10.1. The molecule has 0 aliphatic carbocycles. The number of rotatable bonds is 3. The van der Waals surface area contributed by atoms with Crippen molar-refractivity contribution >= 4 is 21.5 Å². The molecule has 0 bridgehead atoms. The maximum absolute atomic E-state index is 11.4. The molecule has 0 unspecified atom stereocenters. The first kappa shape index (κ1) is 13.5. The normalized spacial score (nSPS) is 11.2. The molecule has 0 saturated heterocycles. The van der Waals surface area contributed by atoms with Crippen LogP contribution in [0, 0.1) is 5.41 Å². The molecule has 0 atom stereocenters. The second-order valence-electron chi connectivity index (χ2n) is 3.86. The summed E-state index contributed by atoms with van der Waals surface area (Å²) < 4.78 is 22.9. The van der Waals surface area contributed by atoms with Gasteiger partial charge in [0.05, 0.1) is 4.90 Å². The van der Waals surface area contributed by atoms with Gasteiger partial charge in [0.25, 0.3) is 0 Å². The fraction of sp³-hybridized carbons (Fsp3) is 0.364. The van der Waals surface area contributed by atoms with Crippen LogP contribution in [0.2, 0.25) is 0 Å². The van der Waals surface area contributed by atoms with Gasteiger partial charge in [0.2, 0.25) is 0 Å². The van der Waals surface area contributed by atoms with Crippen LogP contribution in [0.15, 0.2) is 23.1 Å². The summed E-state index contributed by atoms with van der Waals surface area (Å²) in [6.07, 6.45) is 1.85. The van der Waals surface area contributed by atoms with Crippen LogP contribution in [0.1, 0.15) is 12.5 Å². The summed E-state index contributed by atoms with van der Waals surface area (Å²) in [5, 5.41) is 7.37. The van der Waals surface area contributed by atoms with Gasteiger partial charge in [-0.25, -0.2) is 8.42 Å². The van der Waals surface area contributed by atoms with E-state index in [1.807, 2.05) is 6.92 Å². The molecule has 0 amide bonds. The molecule has 5 nitrogen and oxygen atoms in total. The van der Waals surface area contributed by atoms with E-state index in [1.165, 1.54) is 17.2 Å². The van der Waals surface area contributed by atoms with Crippen molar-refractivity contribution in [2.75, 3.05) is 18.2 Å². The van der Waals surface area contributed by atoms with Crippen LogP contribution in [-0.2, 0) is 16.3 Å². The van der Waals surface area contributed by atoms with Crippen molar-refractivity contribution in [3.8, 4) is 0 Å². The largest absolute Gasteiger partial charge is 0.370 e. The SMILES string of the molecule is CCc1cc(S(C)(=O)=O)ccc1N(C)C(=N)N. The van der Waals surface area contributed by atoms with Gasteiger partial charge in [-0.1, -0.05) is 6.92 Å². The van der Waals surface area contributed by atoms with E-state index in [0.29, 0.717) is 6.42 Å². The number of benzene rings is 1. The average Bonchev–Trinajstić information content (AvgIpc) is 2.25. The number of hydrogen-bond donors (Lipinski definition) is 2. The summed E-state index contributed by atoms with van der Waals surface area (Å²) >= 11 is 0. The van der Waals surface area contributed by atoms with Gasteiger partial charge in [0.1, 0.15) is 0 Å². The van der Waals surface area contributed by atoms with Crippen LogP contribution in [0.3, 0.4) is 0 Å². The number of aryl methyl sites for hydroxylation is 1. The number of nitrogens with zero attached hydrogens (tertiary/aromatic N) is 1. The number of nitrogens with two attached hydrogens (primary N) is 1. The third-order valence-electron chi connectivity index (χ3n) is 2.58. The van der Waals surface area contributed by atoms with Crippen LogP contribution < -0.4 is 10.6 Å². The third-order valence-corrected chi connectivity index (χ3v) is 3.69. The smallest absolute Gasteiger partial charge is 0.192 e. The Morgan fingerprint density at radius 2 is 2.06 bits per heavy atom. The van der Waals surface area contributed by atoms with Gasteiger partial charge < -0.3 is 10.6 Å².